The van der Waals surface area contributed by atoms with Crippen LogP contribution in [0.3, 0.4) is 0 Å². The summed E-state index contributed by atoms with van der Waals surface area (Å²) in [6.07, 6.45) is 6.27. The van der Waals surface area contributed by atoms with E-state index >= 15 is 0 Å². The predicted molar refractivity (Wildman–Crippen MR) is 92.1 cm³/mol. The number of rotatable bonds is 4. The Morgan fingerprint density at radius 3 is 2.83 bits per heavy atom. The molecule has 5 heteroatoms. The molecule has 0 saturated carbocycles. The number of carbonyl (C=O) groups is 1. The molecular weight excluding hydrogens is 302 g/mol. The monoisotopic (exact) mass is 325 g/mol. The molecule has 1 fully saturated rings. The second-order valence-electron chi connectivity index (χ2n) is 6.23. The number of nitrogens with zero attached hydrogens (tertiary/aromatic N) is 3. The van der Waals surface area contributed by atoms with Crippen LogP contribution in [0.1, 0.15) is 41.3 Å². The van der Waals surface area contributed by atoms with Crippen LogP contribution in [0.4, 0.5) is 0 Å². The first kappa shape index (κ1) is 16.4. The van der Waals surface area contributed by atoms with Gasteiger partial charge in [0.1, 0.15) is 6.10 Å². The van der Waals surface area contributed by atoms with E-state index in [9.17, 15) is 4.79 Å². The Bertz CT molecular complexity index is 700. The Labute approximate surface area is 142 Å². The summed E-state index contributed by atoms with van der Waals surface area (Å²) in [5, 5.41) is 0. The SMILES string of the molecule is CCc1cnc(OC2CCCN(C(=O)c3cccc(C)c3)C2)nc1. The van der Waals surface area contributed by atoms with Gasteiger partial charge in [-0.1, -0.05) is 24.6 Å². The largest absolute Gasteiger partial charge is 0.458 e. The molecule has 5 nitrogen and oxygen atoms in total. The van der Waals surface area contributed by atoms with Crippen molar-refractivity contribution < 1.29 is 9.53 Å². The number of likely N-dealkylation sites (tertiary alicyclic amines) is 1. The van der Waals surface area contributed by atoms with Gasteiger partial charge in [0.2, 0.25) is 0 Å². The Kier molecular flexibility index (Phi) is 5.08. The minimum absolute atomic E-state index is 0.0556. The maximum atomic E-state index is 12.7. The molecule has 0 aliphatic carbocycles. The molecular formula is C19H23N3O2. The lowest BCUT2D eigenvalue weighted by atomic mass is 10.1. The molecule has 1 aliphatic heterocycles. The first-order valence-corrected chi connectivity index (χ1v) is 8.49. The molecule has 24 heavy (non-hydrogen) atoms. The number of amides is 1. The van der Waals surface area contributed by atoms with E-state index in [-0.39, 0.29) is 12.0 Å². The lowest BCUT2D eigenvalue weighted by Crippen LogP contribution is -2.44. The van der Waals surface area contributed by atoms with E-state index in [1.807, 2.05) is 36.1 Å². The molecule has 0 N–H and O–H groups in total. The summed E-state index contributed by atoms with van der Waals surface area (Å²) in [4.78, 5) is 23.0. The van der Waals surface area contributed by atoms with Gasteiger partial charge in [0.05, 0.1) is 6.54 Å². The van der Waals surface area contributed by atoms with Crippen LogP contribution in [0.5, 0.6) is 6.01 Å². The zero-order valence-electron chi connectivity index (χ0n) is 14.2. The summed E-state index contributed by atoms with van der Waals surface area (Å²) >= 11 is 0. The topological polar surface area (TPSA) is 55.3 Å². The van der Waals surface area contributed by atoms with Gasteiger partial charge in [0, 0.05) is 24.5 Å². The highest BCUT2D eigenvalue weighted by atomic mass is 16.5. The number of aryl methyl sites for hydroxylation is 2. The van der Waals surface area contributed by atoms with Crippen LogP contribution in [0, 0.1) is 6.92 Å². The quantitative estimate of drug-likeness (QED) is 0.867. The second-order valence-corrected chi connectivity index (χ2v) is 6.23. The second kappa shape index (κ2) is 7.43. The molecule has 0 radical (unpaired) electrons. The Morgan fingerprint density at radius 1 is 1.33 bits per heavy atom. The predicted octanol–water partition coefficient (Wildman–Crippen LogP) is 3.03. The lowest BCUT2D eigenvalue weighted by molar-refractivity contribution is 0.0515. The first-order chi connectivity index (χ1) is 11.7. The normalized spacial score (nSPS) is 17.6. The third-order valence-electron chi connectivity index (χ3n) is 4.29. The van der Waals surface area contributed by atoms with E-state index in [0.29, 0.717) is 12.6 Å². The lowest BCUT2D eigenvalue weighted by Gasteiger charge is -2.32. The smallest absolute Gasteiger partial charge is 0.316 e. The molecule has 1 aromatic heterocycles. The van der Waals surface area contributed by atoms with Crippen LogP contribution < -0.4 is 4.74 Å². The van der Waals surface area contributed by atoms with Gasteiger partial charge in [-0.25, -0.2) is 9.97 Å². The summed E-state index contributed by atoms with van der Waals surface area (Å²) in [6, 6.07) is 8.10. The molecule has 3 rings (SSSR count). The van der Waals surface area contributed by atoms with Gasteiger partial charge < -0.3 is 9.64 Å². The maximum absolute atomic E-state index is 12.7. The summed E-state index contributed by atoms with van der Waals surface area (Å²) in [7, 11) is 0. The van der Waals surface area contributed by atoms with Crippen LogP contribution in [-0.4, -0.2) is 40.0 Å². The Hall–Kier alpha value is -2.43. The van der Waals surface area contributed by atoms with Crippen molar-refractivity contribution in [2.24, 2.45) is 0 Å². The first-order valence-electron chi connectivity index (χ1n) is 8.49. The van der Waals surface area contributed by atoms with Crippen LogP contribution >= 0.6 is 0 Å². The molecule has 2 heterocycles. The highest BCUT2D eigenvalue weighted by Crippen LogP contribution is 2.18. The Morgan fingerprint density at radius 2 is 2.12 bits per heavy atom. The van der Waals surface area contributed by atoms with Gasteiger partial charge in [-0.3, -0.25) is 4.79 Å². The van der Waals surface area contributed by atoms with E-state index in [1.54, 1.807) is 12.4 Å². The van der Waals surface area contributed by atoms with Crippen molar-refractivity contribution in [3.8, 4) is 6.01 Å². The Balaban J connectivity index is 1.64. The van der Waals surface area contributed by atoms with Crippen molar-refractivity contribution in [2.45, 2.75) is 39.2 Å². The van der Waals surface area contributed by atoms with Crippen LogP contribution in [0.15, 0.2) is 36.7 Å². The van der Waals surface area contributed by atoms with E-state index in [4.69, 9.17) is 4.74 Å². The van der Waals surface area contributed by atoms with E-state index < -0.39 is 0 Å². The molecule has 0 spiro atoms. The third kappa shape index (κ3) is 3.91. The van der Waals surface area contributed by atoms with Crippen molar-refractivity contribution in [2.75, 3.05) is 13.1 Å². The highest BCUT2D eigenvalue weighted by molar-refractivity contribution is 5.94. The molecule has 1 aromatic carbocycles. The fourth-order valence-electron chi connectivity index (χ4n) is 2.91. The average Bonchev–Trinajstić information content (AvgIpc) is 2.62. The number of carbonyl (C=O) groups excluding carboxylic acids is 1. The van der Waals surface area contributed by atoms with Gasteiger partial charge in [-0.15, -0.1) is 0 Å². The number of ether oxygens (including phenoxy) is 1. The molecule has 1 saturated heterocycles. The molecule has 126 valence electrons. The van der Waals surface area contributed by atoms with Gasteiger partial charge in [-0.2, -0.15) is 0 Å². The fraction of sp³-hybridized carbons (Fsp3) is 0.421. The van der Waals surface area contributed by atoms with E-state index in [2.05, 4.69) is 16.9 Å². The van der Waals surface area contributed by atoms with Crippen molar-refractivity contribution in [1.82, 2.24) is 14.9 Å². The van der Waals surface area contributed by atoms with E-state index in [1.165, 1.54) is 0 Å². The number of hydrogen-bond donors (Lipinski definition) is 0. The summed E-state index contributed by atoms with van der Waals surface area (Å²) in [5.41, 5.74) is 2.91. The zero-order valence-corrected chi connectivity index (χ0v) is 14.2. The van der Waals surface area contributed by atoms with Crippen LogP contribution in [-0.2, 0) is 6.42 Å². The maximum Gasteiger partial charge on any atom is 0.316 e. The minimum Gasteiger partial charge on any atom is -0.458 e. The van der Waals surface area contributed by atoms with Crippen LogP contribution in [0.25, 0.3) is 0 Å². The van der Waals surface area contributed by atoms with Gasteiger partial charge >= 0.3 is 6.01 Å². The highest BCUT2D eigenvalue weighted by Gasteiger charge is 2.26. The standard InChI is InChI=1S/C19H23N3O2/c1-3-15-11-20-19(21-12-15)24-17-8-5-9-22(13-17)18(23)16-7-4-6-14(2)10-16/h4,6-7,10-12,17H,3,5,8-9,13H2,1-2H3. The minimum atomic E-state index is -0.0556. The molecule has 1 amide bonds. The molecule has 0 bridgehead atoms. The van der Waals surface area contributed by atoms with Crippen LogP contribution in [0.2, 0.25) is 0 Å². The number of piperidine rings is 1. The molecule has 1 unspecified atom stereocenters. The average molecular weight is 325 g/mol. The number of aromatic nitrogens is 2. The van der Waals surface area contributed by atoms with E-state index in [0.717, 1.165) is 42.5 Å². The number of hydrogen-bond acceptors (Lipinski definition) is 4. The van der Waals surface area contributed by atoms with Crippen molar-refractivity contribution in [3.05, 3.63) is 53.3 Å². The molecule has 2 aromatic rings. The third-order valence-corrected chi connectivity index (χ3v) is 4.29. The van der Waals surface area contributed by atoms with Gasteiger partial charge in [0.25, 0.3) is 5.91 Å². The van der Waals surface area contributed by atoms with Crippen molar-refractivity contribution in [1.29, 1.82) is 0 Å². The summed E-state index contributed by atoms with van der Waals surface area (Å²) in [5.74, 6) is 0.0641. The fourth-order valence-corrected chi connectivity index (χ4v) is 2.91. The number of benzene rings is 1. The zero-order chi connectivity index (χ0) is 16.9. The van der Waals surface area contributed by atoms with Crippen molar-refractivity contribution >= 4 is 5.91 Å². The summed E-state index contributed by atoms with van der Waals surface area (Å²) < 4.78 is 5.88. The summed E-state index contributed by atoms with van der Waals surface area (Å²) in [6.45, 7) is 5.40. The van der Waals surface area contributed by atoms with Gasteiger partial charge in [-0.05, 0) is 43.9 Å². The molecule has 1 atom stereocenters. The van der Waals surface area contributed by atoms with Crippen molar-refractivity contribution in [3.63, 3.8) is 0 Å². The molecule has 1 aliphatic rings. The van der Waals surface area contributed by atoms with Gasteiger partial charge in [0.15, 0.2) is 0 Å².